The third-order valence-electron chi connectivity index (χ3n) is 15.4. The second kappa shape index (κ2) is 24.4. The zero-order valence-corrected chi connectivity index (χ0v) is 45.1. The number of fused-ring (bicyclic) bond motifs is 1. The van der Waals surface area contributed by atoms with Crippen molar-refractivity contribution in [2.24, 2.45) is 18.7 Å². The number of nitrogens with two attached hydrogens (primary N) is 1. The van der Waals surface area contributed by atoms with E-state index in [1.807, 2.05) is 54.6 Å². The van der Waals surface area contributed by atoms with Gasteiger partial charge in [0, 0.05) is 57.1 Å². The van der Waals surface area contributed by atoms with Crippen LogP contribution in [0.15, 0.2) is 95.8 Å². The van der Waals surface area contributed by atoms with Crippen molar-refractivity contribution >= 4 is 71.0 Å². The first-order valence-electron chi connectivity index (χ1n) is 26.5. The maximum absolute atomic E-state index is 14.5. The number of aromatic nitrogens is 2. The Labute approximate surface area is 454 Å². The molecule has 0 spiro atoms. The van der Waals surface area contributed by atoms with Crippen LogP contribution in [0.4, 0.5) is 14.5 Å². The molecule has 8 rings (SSSR count). The second-order valence-electron chi connectivity index (χ2n) is 20.9. The molecule has 21 heteroatoms. The molecule has 5 amide bonds. The number of ketones is 2. The second-order valence-corrected chi connectivity index (χ2v) is 22.6. The molecule has 0 radical (unpaired) electrons. The van der Waals surface area contributed by atoms with E-state index in [2.05, 4.69) is 10.6 Å². The fraction of sp³-hybridized carbons (Fsp3) is 0.414. The third-order valence-corrected chi connectivity index (χ3v) is 16.4. The van der Waals surface area contributed by atoms with Gasteiger partial charge in [-0.05, 0) is 122 Å². The number of imide groups is 1. The lowest BCUT2D eigenvalue weighted by molar-refractivity contribution is -0.136. The zero-order valence-electron chi connectivity index (χ0n) is 44.3. The number of anilines is 1. The number of ether oxygens (including phenoxy) is 1. The number of alkyl halides is 2. The number of halogens is 2. The standard InChI is InChI=1S/C58H65F2N6O12P/c1-34(39-19-21-43(22-20-39)58(59,60)79(75,76)77)29-45(68)31-42-18-17-40-8-6-9-41-32-50(66(53(40)41)56(42)73)55(72)62-46(24-27-51(61)69)35(2)78-33-38-13-11-36(12-14-38)7-4-5-10-44(67)23-15-37-16-25-47-49(30-37)64(3)57(74)65(47)48-26-28-52(70)63-54(48)71/h6,8-9,11-14,16,19-22,25,29-30,35,42,46,48,50H,4-5,7,10,15,17-18,23-24,26-28,31-33H2,1-3H3,(H2,61,69)(H,62,72)(H,63,70,71)(H2,75,76,77)/b34-29+/t35-,42-,46+,48?,50+/m1/s1. The quantitative estimate of drug-likeness (QED) is 0.0187. The summed E-state index contributed by atoms with van der Waals surface area (Å²) in [4.78, 5) is 124. The number of unbranched alkanes of at least 4 members (excludes halogenated alkanes) is 1. The Morgan fingerprint density at radius 3 is 2.27 bits per heavy atom. The van der Waals surface area contributed by atoms with Gasteiger partial charge in [-0.1, -0.05) is 72.8 Å². The highest BCUT2D eigenvalue weighted by Gasteiger charge is 2.50. The van der Waals surface area contributed by atoms with Crippen LogP contribution in [0.2, 0.25) is 0 Å². The van der Waals surface area contributed by atoms with Crippen molar-refractivity contribution in [3.63, 3.8) is 0 Å². The molecule has 1 saturated heterocycles. The van der Waals surface area contributed by atoms with E-state index in [1.165, 1.54) is 32.2 Å². The molecule has 1 aromatic heterocycles. The molecule has 0 aliphatic carbocycles. The van der Waals surface area contributed by atoms with Gasteiger partial charge in [0.25, 0.3) is 0 Å². The summed E-state index contributed by atoms with van der Waals surface area (Å²) in [5.41, 5.74) is 7.08. The number of Topliss-reactive ketones (excluding diaryl/α,β-unsaturated/α-hetero) is 1. The van der Waals surface area contributed by atoms with Gasteiger partial charge >= 0.3 is 18.9 Å². The third kappa shape index (κ3) is 13.3. The summed E-state index contributed by atoms with van der Waals surface area (Å²) < 4.78 is 49.0. The molecule has 0 saturated carbocycles. The fourth-order valence-electron chi connectivity index (χ4n) is 10.8. The number of nitrogens with one attached hydrogen (secondary N) is 2. The first-order chi connectivity index (χ1) is 37.5. The van der Waals surface area contributed by atoms with E-state index in [0.717, 1.165) is 52.8 Å². The monoisotopic (exact) mass is 1110 g/mol. The first-order valence-corrected chi connectivity index (χ1v) is 28.1. The van der Waals surface area contributed by atoms with Crippen molar-refractivity contribution in [1.82, 2.24) is 19.8 Å². The highest BCUT2D eigenvalue weighted by molar-refractivity contribution is 7.52. The number of carbonyl (C=O) groups excluding carboxylic acids is 7. The summed E-state index contributed by atoms with van der Waals surface area (Å²) in [6.45, 7) is 3.56. The van der Waals surface area contributed by atoms with Crippen molar-refractivity contribution in [3.8, 4) is 0 Å². The Bertz CT molecular complexity index is 3330. The van der Waals surface area contributed by atoms with Gasteiger partial charge in [0.1, 0.15) is 17.9 Å². The maximum Gasteiger partial charge on any atom is 0.399 e. The van der Waals surface area contributed by atoms with Crippen LogP contribution in [-0.2, 0) is 87.9 Å². The Balaban J connectivity index is 0.818. The van der Waals surface area contributed by atoms with Gasteiger partial charge in [0.2, 0.25) is 29.5 Å². The first kappa shape index (κ1) is 57.9. The predicted molar refractivity (Wildman–Crippen MR) is 289 cm³/mol. The number of primary amides is 1. The van der Waals surface area contributed by atoms with Crippen LogP contribution in [-0.4, -0.2) is 78.2 Å². The summed E-state index contributed by atoms with van der Waals surface area (Å²) >= 11 is 0. The molecule has 4 heterocycles. The molecular formula is C58H65F2N6O12P. The summed E-state index contributed by atoms with van der Waals surface area (Å²) in [5, 5.41) is 5.37. The number of imidazole rings is 1. The summed E-state index contributed by atoms with van der Waals surface area (Å²) in [7, 11) is -4.14. The van der Waals surface area contributed by atoms with E-state index < -0.39 is 78.4 Å². The van der Waals surface area contributed by atoms with E-state index in [9.17, 15) is 51.7 Å². The molecule has 6 N–H and O–H groups in total. The largest absolute Gasteiger partial charge is 0.399 e. The number of aryl methyl sites for hydroxylation is 4. The van der Waals surface area contributed by atoms with Crippen molar-refractivity contribution in [3.05, 3.63) is 140 Å². The van der Waals surface area contributed by atoms with Crippen LogP contribution >= 0.6 is 7.60 Å². The Morgan fingerprint density at radius 1 is 0.873 bits per heavy atom. The van der Waals surface area contributed by atoms with Crippen LogP contribution in [0.25, 0.3) is 16.6 Å². The topological polar surface area (TPSA) is 266 Å². The molecule has 3 aliphatic rings. The smallest absolute Gasteiger partial charge is 0.372 e. The molecule has 1 unspecified atom stereocenters. The number of nitrogens with zero attached hydrogens (tertiary/aromatic N) is 3. The lowest BCUT2D eigenvalue weighted by Gasteiger charge is -2.31. The number of rotatable bonds is 24. The Kier molecular flexibility index (Phi) is 17.9. The van der Waals surface area contributed by atoms with E-state index in [4.69, 9.17) is 20.3 Å². The summed E-state index contributed by atoms with van der Waals surface area (Å²) in [6, 6.07) is 20.9. The average molecular weight is 1110 g/mol. The van der Waals surface area contributed by atoms with Gasteiger partial charge < -0.3 is 25.6 Å². The van der Waals surface area contributed by atoms with Gasteiger partial charge in [0.05, 0.1) is 35.5 Å². The molecule has 418 valence electrons. The van der Waals surface area contributed by atoms with E-state index >= 15 is 0 Å². The van der Waals surface area contributed by atoms with E-state index in [1.54, 1.807) is 27.0 Å². The lowest BCUT2D eigenvalue weighted by atomic mass is 9.92. The number of hydrogen-bond acceptors (Lipinski definition) is 10. The molecule has 5 atom stereocenters. The van der Waals surface area contributed by atoms with Crippen molar-refractivity contribution in [2.75, 3.05) is 4.90 Å². The number of para-hydroxylation sites is 1. The number of allylic oxidation sites excluding steroid dienone is 2. The summed E-state index contributed by atoms with van der Waals surface area (Å²) in [5.74, 6) is -3.36. The molecule has 5 aromatic rings. The SMILES string of the molecule is C/C(=C\C(=O)C[C@H]1CCc2cccc3c2N(C1=O)[C@H](C(=O)N[C@@H](CCC(N)=O)[C@@H](C)OCc1ccc(CCCCC(=O)CCc2ccc4c(c2)n(C)c(=O)n4C2CCC(=O)NC2=O)cc1)C3)c1ccc(C(F)(F)P(=O)(O)O)cc1. The van der Waals surface area contributed by atoms with Crippen molar-refractivity contribution in [1.29, 1.82) is 0 Å². The van der Waals surface area contributed by atoms with Gasteiger partial charge in [-0.15, -0.1) is 0 Å². The molecular weight excluding hydrogens is 1040 g/mol. The van der Waals surface area contributed by atoms with Crippen LogP contribution < -0.4 is 27.0 Å². The molecule has 4 aromatic carbocycles. The highest BCUT2D eigenvalue weighted by atomic mass is 31.2. The van der Waals surface area contributed by atoms with Crippen LogP contribution in [0.3, 0.4) is 0 Å². The minimum atomic E-state index is -5.77. The average Bonchev–Trinajstić information content (AvgIpc) is 4.13. The highest BCUT2D eigenvalue weighted by Crippen LogP contribution is 2.59. The molecule has 3 aliphatic heterocycles. The number of amides is 5. The zero-order chi connectivity index (χ0) is 56.9. The van der Waals surface area contributed by atoms with Crippen molar-refractivity contribution in [2.45, 2.75) is 140 Å². The van der Waals surface area contributed by atoms with Gasteiger partial charge in [-0.2, -0.15) is 8.78 Å². The lowest BCUT2D eigenvalue weighted by Crippen LogP contribution is -2.54. The predicted octanol–water partition coefficient (Wildman–Crippen LogP) is 6.70. The minimum absolute atomic E-state index is 0.0397. The van der Waals surface area contributed by atoms with Crippen LogP contribution in [0, 0.1) is 5.92 Å². The number of hydrogen-bond donors (Lipinski definition) is 5. The van der Waals surface area contributed by atoms with E-state index in [0.29, 0.717) is 66.4 Å². The van der Waals surface area contributed by atoms with E-state index in [-0.39, 0.29) is 62.5 Å². The molecule has 0 bridgehead atoms. The number of benzene rings is 4. The van der Waals surface area contributed by atoms with Crippen molar-refractivity contribution < 1.29 is 61.4 Å². The van der Waals surface area contributed by atoms with Gasteiger partial charge in [0.15, 0.2) is 5.78 Å². The van der Waals surface area contributed by atoms with Gasteiger partial charge in [-0.25, -0.2) is 4.79 Å². The molecule has 18 nitrogen and oxygen atoms in total. The fourth-order valence-corrected chi connectivity index (χ4v) is 11.3. The van der Waals surface area contributed by atoms with Crippen LogP contribution in [0.1, 0.15) is 123 Å². The minimum Gasteiger partial charge on any atom is -0.372 e. The number of carbonyl (C=O) groups is 7. The molecule has 79 heavy (non-hydrogen) atoms. The summed E-state index contributed by atoms with van der Waals surface area (Å²) in [6.07, 6.45) is 5.58. The van der Waals surface area contributed by atoms with Gasteiger partial charge in [-0.3, -0.25) is 57.5 Å². The Hall–Kier alpha value is -7.25. The van der Waals surface area contributed by atoms with Crippen LogP contribution in [0.5, 0.6) is 0 Å². The maximum atomic E-state index is 14.5. The molecule has 1 fully saturated rings. The number of piperidine rings is 1. The normalized spacial score (nSPS) is 18.5. The Morgan fingerprint density at radius 2 is 1.57 bits per heavy atom.